The Kier molecular flexibility index (Phi) is 7.11. The van der Waals surface area contributed by atoms with E-state index in [4.69, 9.17) is 9.97 Å². The number of aromatic nitrogens is 5. The molecule has 3 aliphatic rings. The number of hydrogen-bond donors (Lipinski definition) is 1. The molecule has 0 amide bonds. The van der Waals surface area contributed by atoms with E-state index in [2.05, 4.69) is 61.3 Å². The van der Waals surface area contributed by atoms with Crippen molar-refractivity contribution in [3.8, 4) is 11.3 Å². The molecule has 2 unspecified atom stereocenters. The van der Waals surface area contributed by atoms with Crippen molar-refractivity contribution in [2.75, 3.05) is 56.5 Å². The number of benzene rings is 1. The van der Waals surface area contributed by atoms with Crippen molar-refractivity contribution in [2.24, 2.45) is 0 Å². The third kappa shape index (κ3) is 5.03. The van der Waals surface area contributed by atoms with Crippen LogP contribution < -0.4 is 15.8 Å². The van der Waals surface area contributed by atoms with E-state index in [1.54, 1.807) is 10.8 Å². The lowest BCUT2D eigenvalue weighted by molar-refractivity contribution is 0.231. The summed E-state index contributed by atoms with van der Waals surface area (Å²) in [5.41, 5.74) is 4.83. The zero-order valence-electron chi connectivity index (χ0n) is 24.8. The van der Waals surface area contributed by atoms with Crippen LogP contribution in [0.2, 0.25) is 0 Å². The van der Waals surface area contributed by atoms with Crippen molar-refractivity contribution in [3.05, 3.63) is 64.5 Å². The molecule has 0 spiro atoms. The van der Waals surface area contributed by atoms with Crippen LogP contribution in [0, 0.1) is 6.92 Å². The molecule has 2 atom stereocenters. The molecule has 42 heavy (non-hydrogen) atoms. The van der Waals surface area contributed by atoms with Gasteiger partial charge in [-0.05, 0) is 89.1 Å². The molecule has 0 bridgehead atoms. The molecule has 218 valence electrons. The summed E-state index contributed by atoms with van der Waals surface area (Å²) in [7, 11) is 2.12. The monoisotopic (exact) mass is 565 g/mol. The topological polar surface area (TPSA) is 95.3 Å². The number of rotatable bonds is 6. The van der Waals surface area contributed by atoms with Gasteiger partial charge in [0.15, 0.2) is 0 Å². The minimum atomic E-state index is -0.0994. The number of piperazine rings is 1. The maximum atomic E-state index is 13.8. The van der Waals surface area contributed by atoms with Gasteiger partial charge in [0.2, 0.25) is 5.95 Å². The van der Waals surface area contributed by atoms with Crippen LogP contribution in [0.25, 0.3) is 22.3 Å². The Labute approximate surface area is 246 Å². The maximum absolute atomic E-state index is 13.8. The van der Waals surface area contributed by atoms with Crippen LogP contribution in [0.4, 0.5) is 17.3 Å². The van der Waals surface area contributed by atoms with Gasteiger partial charge in [-0.1, -0.05) is 0 Å². The first-order chi connectivity index (χ1) is 20.5. The fraction of sp³-hybridized carbons (Fsp3) is 0.469. The summed E-state index contributed by atoms with van der Waals surface area (Å²) in [5.74, 6) is 1.56. The summed E-state index contributed by atoms with van der Waals surface area (Å²) in [6.45, 7) is 11.0. The molecule has 7 rings (SSSR count). The molecule has 6 heterocycles. The molecule has 3 aromatic heterocycles. The number of nitrogens with zero attached hydrogens (tertiary/aromatic N) is 8. The van der Waals surface area contributed by atoms with Gasteiger partial charge in [0.1, 0.15) is 11.5 Å². The molecule has 10 heteroatoms. The van der Waals surface area contributed by atoms with Crippen molar-refractivity contribution < 1.29 is 0 Å². The Bertz CT molecular complexity index is 1670. The summed E-state index contributed by atoms with van der Waals surface area (Å²) in [5, 5.41) is 4.15. The zero-order valence-corrected chi connectivity index (χ0v) is 24.8. The SMILES string of the molecule is CCn1c(=O)c(-c2nc(C3CCN(C)C3)ncc2C)cc2cnc(Nc3ccc(N4CCN5CCCC5C4)cc3)nc21. The minimum Gasteiger partial charge on any atom is -0.369 e. The van der Waals surface area contributed by atoms with Gasteiger partial charge in [-0.2, -0.15) is 4.98 Å². The number of likely N-dealkylation sites (tertiary alicyclic amines) is 1. The van der Waals surface area contributed by atoms with Crippen LogP contribution in [-0.4, -0.2) is 86.7 Å². The highest BCUT2D eigenvalue weighted by atomic mass is 16.1. The van der Waals surface area contributed by atoms with Gasteiger partial charge in [0, 0.05) is 73.8 Å². The molecule has 3 saturated heterocycles. The van der Waals surface area contributed by atoms with Crippen molar-refractivity contribution in [1.82, 2.24) is 34.3 Å². The summed E-state index contributed by atoms with van der Waals surface area (Å²) < 4.78 is 1.72. The van der Waals surface area contributed by atoms with Crippen LogP contribution in [-0.2, 0) is 6.54 Å². The summed E-state index contributed by atoms with van der Waals surface area (Å²) in [4.78, 5) is 40.1. The van der Waals surface area contributed by atoms with E-state index >= 15 is 0 Å². The molecule has 3 fully saturated rings. The average Bonchev–Trinajstić information content (AvgIpc) is 3.66. The van der Waals surface area contributed by atoms with E-state index in [0.717, 1.165) is 61.6 Å². The Balaban J connectivity index is 1.15. The van der Waals surface area contributed by atoms with Gasteiger partial charge in [-0.25, -0.2) is 15.0 Å². The van der Waals surface area contributed by atoms with Crippen LogP contribution in [0.1, 0.15) is 43.5 Å². The minimum absolute atomic E-state index is 0.0994. The van der Waals surface area contributed by atoms with Gasteiger partial charge < -0.3 is 15.1 Å². The van der Waals surface area contributed by atoms with Crippen LogP contribution in [0.3, 0.4) is 0 Å². The number of fused-ring (bicyclic) bond motifs is 2. The second-order valence-corrected chi connectivity index (χ2v) is 12.0. The van der Waals surface area contributed by atoms with E-state index in [1.807, 2.05) is 26.1 Å². The summed E-state index contributed by atoms with van der Waals surface area (Å²) in [6, 6.07) is 11.1. The number of aryl methyl sites for hydroxylation is 2. The van der Waals surface area contributed by atoms with E-state index in [-0.39, 0.29) is 11.5 Å². The fourth-order valence-corrected chi connectivity index (χ4v) is 6.86. The van der Waals surface area contributed by atoms with Crippen molar-refractivity contribution >= 4 is 28.4 Å². The van der Waals surface area contributed by atoms with E-state index in [0.29, 0.717) is 35.4 Å². The third-order valence-corrected chi connectivity index (χ3v) is 9.22. The fourth-order valence-electron chi connectivity index (χ4n) is 6.86. The molecule has 1 aromatic carbocycles. The molecular formula is C32H39N9O. The smallest absolute Gasteiger partial charge is 0.261 e. The standard InChI is InChI=1S/C32H39N9O/c1-4-41-30-23(16-27(31(41)42)28-21(2)17-33-29(36-28)22-11-13-38(3)19-22)18-34-32(37-30)35-24-7-9-25(10-8-24)40-15-14-39-12-5-6-26(39)20-40/h7-10,16-18,22,26H,4-6,11-15,19-20H2,1-3H3,(H,34,35,37). The number of hydrogen-bond acceptors (Lipinski definition) is 9. The molecule has 1 N–H and O–H groups in total. The van der Waals surface area contributed by atoms with Crippen LogP contribution in [0.5, 0.6) is 0 Å². The molecule has 3 aliphatic heterocycles. The second-order valence-electron chi connectivity index (χ2n) is 12.0. The average molecular weight is 566 g/mol. The van der Waals surface area contributed by atoms with Crippen molar-refractivity contribution in [3.63, 3.8) is 0 Å². The Morgan fingerprint density at radius 2 is 1.83 bits per heavy atom. The lowest BCUT2D eigenvalue weighted by atomic mass is 10.1. The summed E-state index contributed by atoms with van der Waals surface area (Å²) in [6.07, 6.45) is 7.29. The molecule has 0 aliphatic carbocycles. The Morgan fingerprint density at radius 1 is 0.976 bits per heavy atom. The molecule has 0 radical (unpaired) electrons. The molecular weight excluding hydrogens is 526 g/mol. The van der Waals surface area contributed by atoms with Gasteiger partial charge in [0.05, 0.1) is 11.3 Å². The lowest BCUT2D eigenvalue weighted by Crippen LogP contribution is -2.50. The number of nitrogens with one attached hydrogen (secondary N) is 1. The molecule has 10 nitrogen and oxygen atoms in total. The first-order valence-electron chi connectivity index (χ1n) is 15.3. The van der Waals surface area contributed by atoms with E-state index in [9.17, 15) is 4.79 Å². The molecule has 0 saturated carbocycles. The van der Waals surface area contributed by atoms with Gasteiger partial charge in [0.25, 0.3) is 5.56 Å². The predicted molar refractivity (Wildman–Crippen MR) is 167 cm³/mol. The predicted octanol–water partition coefficient (Wildman–Crippen LogP) is 4.02. The highest BCUT2D eigenvalue weighted by Gasteiger charge is 2.30. The van der Waals surface area contributed by atoms with E-state index in [1.165, 1.54) is 25.1 Å². The second kappa shape index (κ2) is 11.1. The van der Waals surface area contributed by atoms with Gasteiger partial charge >= 0.3 is 0 Å². The largest absolute Gasteiger partial charge is 0.369 e. The summed E-state index contributed by atoms with van der Waals surface area (Å²) >= 11 is 0. The van der Waals surface area contributed by atoms with Crippen LogP contribution in [0.15, 0.2) is 47.5 Å². The number of anilines is 3. The van der Waals surface area contributed by atoms with Gasteiger partial charge in [-0.3, -0.25) is 14.3 Å². The first kappa shape index (κ1) is 27.0. The number of likely N-dealkylation sites (N-methyl/N-ethyl adjacent to an activating group) is 1. The Hall–Kier alpha value is -3.89. The maximum Gasteiger partial charge on any atom is 0.261 e. The van der Waals surface area contributed by atoms with Crippen LogP contribution >= 0.6 is 0 Å². The Morgan fingerprint density at radius 3 is 2.62 bits per heavy atom. The highest BCUT2D eigenvalue weighted by molar-refractivity contribution is 5.81. The normalized spacial score (nSPS) is 21.3. The highest BCUT2D eigenvalue weighted by Crippen LogP contribution is 2.29. The third-order valence-electron chi connectivity index (χ3n) is 9.22. The number of pyridine rings is 1. The van der Waals surface area contributed by atoms with E-state index < -0.39 is 0 Å². The first-order valence-corrected chi connectivity index (χ1v) is 15.3. The van der Waals surface area contributed by atoms with Crippen molar-refractivity contribution in [1.29, 1.82) is 0 Å². The molecule has 4 aromatic rings. The zero-order chi connectivity index (χ0) is 28.8. The quantitative estimate of drug-likeness (QED) is 0.372. The van der Waals surface area contributed by atoms with Gasteiger partial charge in [-0.15, -0.1) is 0 Å². The lowest BCUT2D eigenvalue weighted by Gasteiger charge is -2.38. The van der Waals surface area contributed by atoms with Crippen molar-refractivity contribution in [2.45, 2.75) is 51.6 Å².